The summed E-state index contributed by atoms with van der Waals surface area (Å²) in [6.45, 7) is 0.0398. The van der Waals surface area contributed by atoms with Gasteiger partial charge in [0.1, 0.15) is 23.0 Å². The standard InChI is InChI=1S/C30H18BNO2/c1-2-8-19(9-3-1)33-20-16-17-25-28(18-20)34-27-15-7-11-22-24-13-6-12-23-21-10-4-5-14-26(21)32(30(23)24)31(25)29(22)27/h1-18H. The number of fused-ring (bicyclic) bond motifs is 7. The number of rotatable bonds is 2. The van der Waals surface area contributed by atoms with E-state index in [-0.39, 0.29) is 6.85 Å². The summed E-state index contributed by atoms with van der Waals surface area (Å²) in [6, 6.07) is 37.8. The largest absolute Gasteiger partial charge is 0.458 e. The van der Waals surface area contributed by atoms with Crippen LogP contribution in [0.15, 0.2) is 109 Å². The summed E-state index contributed by atoms with van der Waals surface area (Å²) in [5.74, 6) is 3.33. The first-order valence-electron chi connectivity index (χ1n) is 11.6. The van der Waals surface area contributed by atoms with Gasteiger partial charge in [0.15, 0.2) is 0 Å². The highest BCUT2D eigenvalue weighted by Crippen LogP contribution is 2.42. The van der Waals surface area contributed by atoms with Gasteiger partial charge in [-0.3, -0.25) is 0 Å². The van der Waals surface area contributed by atoms with Crippen molar-refractivity contribution in [3.8, 4) is 34.1 Å². The molecule has 34 heavy (non-hydrogen) atoms. The fourth-order valence-corrected chi connectivity index (χ4v) is 5.75. The molecule has 0 atom stereocenters. The molecule has 0 unspecified atom stereocenters. The van der Waals surface area contributed by atoms with Crippen LogP contribution in [0.1, 0.15) is 0 Å². The summed E-state index contributed by atoms with van der Waals surface area (Å²) in [4.78, 5) is 0. The second-order valence-electron chi connectivity index (χ2n) is 8.93. The first kappa shape index (κ1) is 18.0. The number of aromatic nitrogens is 1. The second kappa shape index (κ2) is 6.55. The number of benzene rings is 5. The molecule has 0 N–H and O–H groups in total. The van der Waals surface area contributed by atoms with Gasteiger partial charge in [0.2, 0.25) is 0 Å². The van der Waals surface area contributed by atoms with Crippen molar-refractivity contribution >= 4 is 39.6 Å². The minimum absolute atomic E-state index is 0.0398. The Morgan fingerprint density at radius 2 is 1.41 bits per heavy atom. The molecular weight excluding hydrogens is 417 g/mol. The molecule has 2 aliphatic rings. The molecule has 0 radical (unpaired) electrons. The van der Waals surface area contributed by atoms with Gasteiger partial charge in [-0.1, -0.05) is 72.8 Å². The lowest BCUT2D eigenvalue weighted by atomic mass is 9.46. The van der Waals surface area contributed by atoms with E-state index in [2.05, 4.69) is 71.2 Å². The van der Waals surface area contributed by atoms with Crippen LogP contribution < -0.4 is 20.4 Å². The van der Waals surface area contributed by atoms with Crippen LogP contribution in [0.3, 0.4) is 0 Å². The Bertz CT molecular complexity index is 1770. The third-order valence-electron chi connectivity index (χ3n) is 7.10. The van der Waals surface area contributed by atoms with E-state index in [9.17, 15) is 0 Å². The Hall–Kier alpha value is -4.44. The quantitative estimate of drug-likeness (QED) is 0.297. The molecule has 4 heteroatoms. The molecule has 3 nitrogen and oxygen atoms in total. The summed E-state index contributed by atoms with van der Waals surface area (Å²) in [5.41, 5.74) is 7.42. The van der Waals surface area contributed by atoms with E-state index in [1.165, 1.54) is 38.4 Å². The number of hydrogen-bond acceptors (Lipinski definition) is 2. The molecule has 2 aliphatic heterocycles. The number of nitrogens with zero attached hydrogens (tertiary/aromatic N) is 1. The average Bonchev–Trinajstić information content (AvgIpc) is 3.22. The molecule has 1 aromatic heterocycles. The van der Waals surface area contributed by atoms with Gasteiger partial charge in [-0.25, -0.2) is 0 Å². The smallest absolute Gasteiger partial charge is 0.336 e. The minimum atomic E-state index is 0.0398. The lowest BCUT2D eigenvalue weighted by Gasteiger charge is -2.33. The zero-order valence-electron chi connectivity index (χ0n) is 18.2. The van der Waals surface area contributed by atoms with Crippen LogP contribution >= 0.6 is 0 Å². The van der Waals surface area contributed by atoms with Crippen molar-refractivity contribution < 1.29 is 9.47 Å². The van der Waals surface area contributed by atoms with E-state index >= 15 is 0 Å². The Morgan fingerprint density at radius 3 is 2.35 bits per heavy atom. The average molecular weight is 435 g/mol. The maximum atomic E-state index is 6.51. The Morgan fingerprint density at radius 1 is 0.618 bits per heavy atom. The summed E-state index contributed by atoms with van der Waals surface area (Å²) in [7, 11) is 0. The molecule has 6 aromatic rings. The van der Waals surface area contributed by atoms with Crippen molar-refractivity contribution in [3.63, 3.8) is 0 Å². The van der Waals surface area contributed by atoms with Gasteiger partial charge in [0.05, 0.1) is 0 Å². The predicted molar refractivity (Wildman–Crippen MR) is 138 cm³/mol. The summed E-state index contributed by atoms with van der Waals surface area (Å²) in [6.07, 6.45) is 0. The van der Waals surface area contributed by atoms with E-state index in [0.717, 1.165) is 28.5 Å². The fourth-order valence-electron chi connectivity index (χ4n) is 5.75. The molecule has 8 rings (SSSR count). The maximum Gasteiger partial charge on any atom is 0.336 e. The van der Waals surface area contributed by atoms with Crippen LogP contribution in [-0.4, -0.2) is 11.3 Å². The van der Waals surface area contributed by atoms with Crippen molar-refractivity contribution in [1.82, 2.24) is 4.48 Å². The minimum Gasteiger partial charge on any atom is -0.458 e. The second-order valence-corrected chi connectivity index (χ2v) is 8.93. The molecule has 0 bridgehead atoms. The zero-order chi connectivity index (χ0) is 22.2. The van der Waals surface area contributed by atoms with E-state index < -0.39 is 0 Å². The molecule has 0 amide bonds. The fraction of sp³-hybridized carbons (Fsp3) is 0. The van der Waals surface area contributed by atoms with Crippen molar-refractivity contribution in [1.29, 1.82) is 0 Å². The molecular formula is C30H18BNO2. The Labute approximate surface area is 196 Å². The van der Waals surface area contributed by atoms with Crippen LogP contribution in [0.5, 0.6) is 23.0 Å². The van der Waals surface area contributed by atoms with E-state index in [1.54, 1.807) is 0 Å². The maximum absolute atomic E-state index is 6.51. The van der Waals surface area contributed by atoms with Crippen molar-refractivity contribution in [2.45, 2.75) is 0 Å². The van der Waals surface area contributed by atoms with Gasteiger partial charge in [-0.2, -0.15) is 0 Å². The van der Waals surface area contributed by atoms with Crippen molar-refractivity contribution in [2.75, 3.05) is 0 Å². The van der Waals surface area contributed by atoms with E-state index in [4.69, 9.17) is 9.47 Å². The molecule has 0 spiro atoms. The van der Waals surface area contributed by atoms with Gasteiger partial charge < -0.3 is 14.0 Å². The lowest BCUT2D eigenvalue weighted by molar-refractivity contribution is 0.462. The summed E-state index contributed by atoms with van der Waals surface area (Å²) in [5, 5.41) is 2.58. The normalized spacial score (nSPS) is 12.9. The number of ether oxygens (including phenoxy) is 2. The van der Waals surface area contributed by atoms with Gasteiger partial charge in [0, 0.05) is 38.9 Å². The highest BCUT2D eigenvalue weighted by atomic mass is 16.5. The van der Waals surface area contributed by atoms with Gasteiger partial charge >= 0.3 is 6.85 Å². The third-order valence-corrected chi connectivity index (χ3v) is 7.10. The Balaban J connectivity index is 1.41. The van der Waals surface area contributed by atoms with Crippen molar-refractivity contribution in [2.24, 2.45) is 0 Å². The monoisotopic (exact) mass is 435 g/mol. The number of hydrogen-bond donors (Lipinski definition) is 0. The van der Waals surface area contributed by atoms with Crippen LogP contribution in [-0.2, 0) is 0 Å². The lowest BCUT2D eigenvalue weighted by Crippen LogP contribution is -2.54. The number of para-hydroxylation sites is 3. The molecule has 158 valence electrons. The first-order chi connectivity index (χ1) is 16.9. The Kier molecular flexibility index (Phi) is 3.48. The van der Waals surface area contributed by atoms with Crippen LogP contribution in [0.4, 0.5) is 0 Å². The molecule has 0 saturated carbocycles. The van der Waals surface area contributed by atoms with E-state index in [1.807, 2.05) is 42.5 Å². The summed E-state index contributed by atoms with van der Waals surface area (Å²) >= 11 is 0. The van der Waals surface area contributed by atoms with Gasteiger partial charge in [-0.05, 0) is 41.4 Å². The van der Waals surface area contributed by atoms with Crippen LogP contribution in [0.2, 0.25) is 0 Å². The first-order valence-corrected chi connectivity index (χ1v) is 11.6. The molecule has 3 heterocycles. The molecule has 5 aromatic carbocycles. The van der Waals surface area contributed by atoms with E-state index in [0.29, 0.717) is 0 Å². The predicted octanol–water partition coefficient (Wildman–Crippen LogP) is 6.33. The van der Waals surface area contributed by atoms with Crippen molar-refractivity contribution in [3.05, 3.63) is 109 Å². The molecule has 0 saturated heterocycles. The summed E-state index contributed by atoms with van der Waals surface area (Å²) < 4.78 is 15.1. The third kappa shape index (κ3) is 2.32. The SMILES string of the molecule is c1ccc(Oc2ccc3c(c2)Oc2cccc4c2B3n2c3ccccc3c3cccc-4c32)cc1. The van der Waals surface area contributed by atoms with Gasteiger partial charge in [0.25, 0.3) is 0 Å². The topological polar surface area (TPSA) is 23.4 Å². The van der Waals surface area contributed by atoms with Crippen LogP contribution in [0, 0.1) is 0 Å². The highest BCUT2D eigenvalue weighted by Gasteiger charge is 2.40. The highest BCUT2D eigenvalue weighted by molar-refractivity contribution is 6.88. The molecule has 0 fully saturated rings. The zero-order valence-corrected chi connectivity index (χ0v) is 18.2. The van der Waals surface area contributed by atoms with Crippen LogP contribution in [0.25, 0.3) is 32.9 Å². The van der Waals surface area contributed by atoms with Gasteiger partial charge in [-0.15, -0.1) is 0 Å². The molecule has 0 aliphatic carbocycles.